The van der Waals surface area contributed by atoms with E-state index in [9.17, 15) is 23.7 Å². The number of alkyl halides is 2. The number of hydrogen-bond acceptors (Lipinski definition) is 3. The molecular formula is C11H10Cl2F2N2O3. The lowest BCUT2D eigenvalue weighted by Gasteiger charge is -2.20. The standard InChI is InChI=1S/C11H10Cl2F2N2O3/c12-3-5-16(6-4-13)11(18)9-7(14)1-2-8(10(9)15)17(19)20/h1-2H,3-6H2. The number of benzene rings is 1. The molecule has 0 bridgehead atoms. The minimum Gasteiger partial charge on any atom is -0.336 e. The molecule has 0 saturated carbocycles. The van der Waals surface area contributed by atoms with E-state index in [1.807, 2.05) is 0 Å². The van der Waals surface area contributed by atoms with Gasteiger partial charge in [-0.3, -0.25) is 14.9 Å². The zero-order valence-electron chi connectivity index (χ0n) is 10.1. The summed E-state index contributed by atoms with van der Waals surface area (Å²) in [6, 6.07) is 1.34. The van der Waals surface area contributed by atoms with E-state index in [1.54, 1.807) is 0 Å². The number of amides is 1. The third kappa shape index (κ3) is 3.55. The van der Waals surface area contributed by atoms with Gasteiger partial charge in [0.1, 0.15) is 11.4 Å². The number of hydrogen-bond donors (Lipinski definition) is 0. The molecule has 1 amide bonds. The molecule has 0 aliphatic carbocycles. The lowest BCUT2D eigenvalue weighted by atomic mass is 10.1. The predicted molar refractivity (Wildman–Crippen MR) is 70.4 cm³/mol. The van der Waals surface area contributed by atoms with Gasteiger partial charge in [0, 0.05) is 30.9 Å². The van der Waals surface area contributed by atoms with Crippen molar-refractivity contribution < 1.29 is 18.5 Å². The van der Waals surface area contributed by atoms with Gasteiger partial charge in [-0.2, -0.15) is 4.39 Å². The molecule has 110 valence electrons. The quantitative estimate of drug-likeness (QED) is 0.458. The molecule has 0 unspecified atom stereocenters. The number of nitro benzene ring substituents is 1. The molecule has 0 spiro atoms. The first-order valence-corrected chi connectivity index (χ1v) is 6.54. The highest BCUT2D eigenvalue weighted by molar-refractivity contribution is 6.18. The summed E-state index contributed by atoms with van der Waals surface area (Å²) in [7, 11) is 0. The normalized spacial score (nSPS) is 10.4. The Bertz CT molecular complexity index is 523. The number of nitrogens with zero attached hydrogens (tertiary/aromatic N) is 2. The Kier molecular flexibility index (Phi) is 6.09. The monoisotopic (exact) mass is 326 g/mol. The van der Waals surface area contributed by atoms with E-state index in [-0.39, 0.29) is 24.8 Å². The summed E-state index contributed by atoms with van der Waals surface area (Å²) in [6.45, 7) is 0.0450. The van der Waals surface area contributed by atoms with E-state index in [4.69, 9.17) is 23.2 Å². The predicted octanol–water partition coefficient (Wildman–Crippen LogP) is 2.79. The summed E-state index contributed by atoms with van der Waals surface area (Å²) >= 11 is 11.0. The maximum absolute atomic E-state index is 13.9. The molecular weight excluding hydrogens is 317 g/mol. The third-order valence-electron chi connectivity index (χ3n) is 2.48. The number of rotatable bonds is 6. The second-order valence-electron chi connectivity index (χ2n) is 3.68. The van der Waals surface area contributed by atoms with Crippen molar-refractivity contribution in [2.75, 3.05) is 24.8 Å². The highest BCUT2D eigenvalue weighted by Gasteiger charge is 2.28. The zero-order valence-corrected chi connectivity index (χ0v) is 11.6. The molecule has 1 aromatic carbocycles. The number of carbonyl (C=O) groups excluding carboxylic acids is 1. The highest BCUT2D eigenvalue weighted by Crippen LogP contribution is 2.24. The Morgan fingerprint density at radius 2 is 1.80 bits per heavy atom. The average molecular weight is 327 g/mol. The highest BCUT2D eigenvalue weighted by atomic mass is 35.5. The molecule has 0 radical (unpaired) electrons. The molecule has 0 fully saturated rings. The van der Waals surface area contributed by atoms with Gasteiger partial charge in [-0.15, -0.1) is 23.2 Å². The molecule has 0 aromatic heterocycles. The van der Waals surface area contributed by atoms with Crippen molar-refractivity contribution in [2.24, 2.45) is 0 Å². The van der Waals surface area contributed by atoms with Gasteiger partial charge in [-0.05, 0) is 6.07 Å². The van der Waals surface area contributed by atoms with Crippen molar-refractivity contribution in [3.05, 3.63) is 39.4 Å². The minimum absolute atomic E-state index is 0.0225. The lowest BCUT2D eigenvalue weighted by Crippen LogP contribution is -2.35. The van der Waals surface area contributed by atoms with E-state index in [1.165, 1.54) is 0 Å². The SMILES string of the molecule is O=C(c1c(F)ccc([N+](=O)[O-])c1F)N(CCCl)CCCl. The van der Waals surface area contributed by atoms with Crippen molar-refractivity contribution in [3.8, 4) is 0 Å². The summed E-state index contributed by atoms with van der Waals surface area (Å²) in [5, 5.41) is 10.6. The molecule has 0 saturated heterocycles. The Balaban J connectivity index is 3.26. The lowest BCUT2D eigenvalue weighted by molar-refractivity contribution is -0.387. The van der Waals surface area contributed by atoms with Crippen LogP contribution < -0.4 is 0 Å². The van der Waals surface area contributed by atoms with Crippen LogP contribution in [0.5, 0.6) is 0 Å². The topological polar surface area (TPSA) is 63.4 Å². The molecule has 1 rings (SSSR count). The summed E-state index contributed by atoms with van der Waals surface area (Å²) in [5.41, 5.74) is -1.94. The largest absolute Gasteiger partial charge is 0.336 e. The number of nitro groups is 1. The van der Waals surface area contributed by atoms with Crippen molar-refractivity contribution >= 4 is 34.8 Å². The van der Waals surface area contributed by atoms with Gasteiger partial charge in [-0.25, -0.2) is 4.39 Å². The minimum atomic E-state index is -1.51. The molecule has 20 heavy (non-hydrogen) atoms. The van der Waals surface area contributed by atoms with Crippen molar-refractivity contribution in [3.63, 3.8) is 0 Å². The van der Waals surface area contributed by atoms with Gasteiger partial charge in [0.2, 0.25) is 5.82 Å². The number of carbonyl (C=O) groups is 1. The van der Waals surface area contributed by atoms with Crippen LogP contribution in [0.1, 0.15) is 10.4 Å². The van der Waals surface area contributed by atoms with E-state index in [0.717, 1.165) is 4.90 Å². The first-order chi connectivity index (χ1) is 9.43. The first kappa shape index (κ1) is 16.6. The van der Waals surface area contributed by atoms with Crippen LogP contribution in [0.4, 0.5) is 14.5 Å². The Labute approximate surface area is 123 Å². The summed E-state index contributed by atoms with van der Waals surface area (Å²) in [4.78, 5) is 22.7. The van der Waals surface area contributed by atoms with Gasteiger partial charge < -0.3 is 4.90 Å². The second kappa shape index (κ2) is 7.35. The maximum atomic E-state index is 13.9. The average Bonchev–Trinajstić information content (AvgIpc) is 2.37. The Morgan fingerprint density at radius 3 is 2.25 bits per heavy atom. The molecule has 0 aliphatic heterocycles. The molecule has 0 atom stereocenters. The van der Waals surface area contributed by atoms with Crippen LogP contribution >= 0.6 is 23.2 Å². The van der Waals surface area contributed by atoms with Crippen LogP contribution in [-0.4, -0.2) is 40.6 Å². The summed E-state index contributed by atoms with van der Waals surface area (Å²) in [6.07, 6.45) is 0. The summed E-state index contributed by atoms with van der Waals surface area (Å²) < 4.78 is 27.5. The van der Waals surface area contributed by atoms with E-state index in [2.05, 4.69) is 0 Å². The van der Waals surface area contributed by atoms with Crippen LogP contribution in [0.3, 0.4) is 0 Å². The van der Waals surface area contributed by atoms with E-state index < -0.39 is 33.7 Å². The molecule has 9 heteroatoms. The van der Waals surface area contributed by atoms with Crippen LogP contribution in [0.2, 0.25) is 0 Å². The van der Waals surface area contributed by atoms with Gasteiger partial charge in [-0.1, -0.05) is 0 Å². The second-order valence-corrected chi connectivity index (χ2v) is 4.44. The van der Waals surface area contributed by atoms with Crippen molar-refractivity contribution in [1.29, 1.82) is 0 Å². The van der Waals surface area contributed by atoms with Gasteiger partial charge in [0.25, 0.3) is 5.91 Å². The van der Waals surface area contributed by atoms with Crippen LogP contribution in [-0.2, 0) is 0 Å². The maximum Gasteiger partial charge on any atom is 0.305 e. The van der Waals surface area contributed by atoms with Crippen LogP contribution in [0.15, 0.2) is 12.1 Å². The third-order valence-corrected chi connectivity index (χ3v) is 2.82. The molecule has 5 nitrogen and oxygen atoms in total. The first-order valence-electron chi connectivity index (χ1n) is 5.47. The number of halogens is 4. The molecule has 0 N–H and O–H groups in total. The Morgan fingerprint density at radius 1 is 1.25 bits per heavy atom. The smallest absolute Gasteiger partial charge is 0.305 e. The van der Waals surface area contributed by atoms with E-state index in [0.29, 0.717) is 12.1 Å². The van der Waals surface area contributed by atoms with E-state index >= 15 is 0 Å². The molecule has 0 heterocycles. The molecule has 1 aromatic rings. The van der Waals surface area contributed by atoms with Gasteiger partial charge >= 0.3 is 5.69 Å². The van der Waals surface area contributed by atoms with Crippen LogP contribution in [0.25, 0.3) is 0 Å². The van der Waals surface area contributed by atoms with Crippen molar-refractivity contribution in [1.82, 2.24) is 4.90 Å². The zero-order chi connectivity index (χ0) is 15.3. The molecule has 0 aliphatic rings. The van der Waals surface area contributed by atoms with Crippen molar-refractivity contribution in [2.45, 2.75) is 0 Å². The van der Waals surface area contributed by atoms with Crippen LogP contribution in [0, 0.1) is 21.7 Å². The van der Waals surface area contributed by atoms with Gasteiger partial charge in [0.15, 0.2) is 0 Å². The Hall–Kier alpha value is -1.47. The fourth-order valence-electron chi connectivity index (χ4n) is 1.56. The fraction of sp³-hybridized carbons (Fsp3) is 0.364. The fourth-order valence-corrected chi connectivity index (χ4v) is 1.96. The summed E-state index contributed by atoms with van der Waals surface area (Å²) in [5.74, 6) is -3.62. The van der Waals surface area contributed by atoms with Gasteiger partial charge in [0.05, 0.1) is 4.92 Å².